The summed E-state index contributed by atoms with van der Waals surface area (Å²) in [6, 6.07) is 14.9. The number of rotatable bonds is 2. The molecule has 4 heterocycles. The Bertz CT molecular complexity index is 1890. The number of carboxylic acids is 1. The molecule has 0 saturated carbocycles. The maximum absolute atomic E-state index is 13.7. The minimum absolute atomic E-state index is 0.128. The zero-order chi connectivity index (χ0) is 26.1. The van der Waals surface area contributed by atoms with Gasteiger partial charge in [0.1, 0.15) is 30.5 Å². The van der Waals surface area contributed by atoms with Crippen LogP contribution in [0.3, 0.4) is 0 Å². The first-order valence-electron chi connectivity index (χ1n) is 13.0. The number of nitrogens with zero attached hydrogens (tertiary/aromatic N) is 2. The number of benzene rings is 3. The largest absolute Gasteiger partial charge is 0.478 e. The van der Waals surface area contributed by atoms with E-state index in [1.807, 2.05) is 19.2 Å². The molecule has 0 atom stereocenters. The number of ether oxygens (including phenoxy) is 1. The highest BCUT2D eigenvalue weighted by Gasteiger charge is 2.31. The van der Waals surface area contributed by atoms with Crippen LogP contribution >= 0.6 is 0 Å². The van der Waals surface area contributed by atoms with Gasteiger partial charge in [0.25, 0.3) is 0 Å². The fourth-order valence-corrected chi connectivity index (χ4v) is 6.25. The van der Waals surface area contributed by atoms with Gasteiger partial charge in [0.15, 0.2) is 5.75 Å². The summed E-state index contributed by atoms with van der Waals surface area (Å²) < 4.78 is 14.7. The van der Waals surface area contributed by atoms with Crippen molar-refractivity contribution in [2.24, 2.45) is 0 Å². The lowest BCUT2D eigenvalue weighted by molar-refractivity contribution is 0.0696. The van der Waals surface area contributed by atoms with E-state index in [0.717, 1.165) is 60.8 Å². The molecule has 0 unspecified atom stereocenters. The third kappa shape index (κ3) is 3.31. The maximum atomic E-state index is 13.7. The number of aryl methyl sites for hydroxylation is 2. The van der Waals surface area contributed by atoms with Crippen LogP contribution in [0.25, 0.3) is 16.5 Å². The molecule has 0 amide bonds. The molecule has 0 radical (unpaired) electrons. The smallest absolute Gasteiger partial charge is 0.348 e. The van der Waals surface area contributed by atoms with E-state index in [1.54, 1.807) is 24.3 Å². The van der Waals surface area contributed by atoms with E-state index in [2.05, 4.69) is 28.7 Å². The lowest BCUT2D eigenvalue weighted by atomic mass is 9.88. The summed E-state index contributed by atoms with van der Waals surface area (Å²) in [5.41, 5.74) is 4.72. The molecule has 7 rings (SSSR count). The van der Waals surface area contributed by atoms with Crippen molar-refractivity contribution in [2.75, 3.05) is 32.1 Å². The van der Waals surface area contributed by atoms with Crippen LogP contribution in [-0.4, -0.2) is 38.3 Å². The van der Waals surface area contributed by atoms with Crippen LogP contribution in [0.1, 0.15) is 45.5 Å². The number of anilines is 1. The van der Waals surface area contributed by atoms with Crippen molar-refractivity contribution in [2.45, 2.75) is 25.7 Å². The minimum atomic E-state index is -1.05. The van der Waals surface area contributed by atoms with E-state index in [4.69, 9.17) is 9.15 Å². The van der Waals surface area contributed by atoms with Crippen molar-refractivity contribution in [1.82, 2.24) is 4.58 Å². The van der Waals surface area contributed by atoms with Crippen molar-refractivity contribution in [3.05, 3.63) is 97.3 Å². The predicted molar refractivity (Wildman–Crippen MR) is 145 cm³/mol. The van der Waals surface area contributed by atoms with Gasteiger partial charge in [0.2, 0.25) is 5.36 Å². The molecule has 0 bridgehead atoms. The lowest BCUT2D eigenvalue weighted by Gasteiger charge is -2.28. The standard InChI is InChI=1S/C31H26N2O5/c1-32-11-5-7-17-13-21-25(15-23(17)32)37-29-22-14-18-8-6-12-33(2)24(18)16-26(22)38-31(36)28(29)27(21)19-9-3-4-10-20(19)30(34)35/h3-4,9-10,13-16H,5-8,11-12H2,1-2H3/p+1. The zero-order valence-electron chi connectivity index (χ0n) is 21.3. The molecule has 7 heteroatoms. The molecule has 1 aromatic heterocycles. The number of carbonyl (C=O) groups is 1. The zero-order valence-corrected chi connectivity index (χ0v) is 21.3. The molecule has 0 spiro atoms. The molecule has 0 saturated heterocycles. The molecule has 0 aliphatic carbocycles. The summed E-state index contributed by atoms with van der Waals surface area (Å²) in [6.45, 7) is 1.90. The van der Waals surface area contributed by atoms with Gasteiger partial charge in [-0.1, -0.05) is 18.2 Å². The molecule has 3 aromatic carbocycles. The molecule has 1 N–H and O–H groups in total. The van der Waals surface area contributed by atoms with Crippen LogP contribution in [0.5, 0.6) is 11.5 Å². The van der Waals surface area contributed by atoms with E-state index in [-0.39, 0.29) is 11.1 Å². The Balaban J connectivity index is 1.64. The average Bonchev–Trinajstić information content (AvgIpc) is 2.91. The van der Waals surface area contributed by atoms with Gasteiger partial charge >= 0.3 is 11.6 Å². The van der Waals surface area contributed by atoms with Gasteiger partial charge in [-0.2, -0.15) is 0 Å². The third-order valence-electron chi connectivity index (χ3n) is 8.10. The van der Waals surface area contributed by atoms with Gasteiger partial charge in [0, 0.05) is 48.1 Å². The van der Waals surface area contributed by atoms with Crippen LogP contribution in [0.15, 0.2) is 57.7 Å². The Morgan fingerprint density at radius 1 is 1.05 bits per heavy atom. The molecule has 4 aromatic rings. The molecule has 190 valence electrons. The van der Waals surface area contributed by atoms with E-state index in [9.17, 15) is 14.7 Å². The number of aromatic carboxylic acids is 1. The van der Waals surface area contributed by atoms with Crippen molar-refractivity contribution in [3.63, 3.8) is 0 Å². The second kappa shape index (κ2) is 8.31. The van der Waals surface area contributed by atoms with Gasteiger partial charge in [-0.25, -0.2) is 14.2 Å². The quantitative estimate of drug-likeness (QED) is 0.292. The van der Waals surface area contributed by atoms with Crippen LogP contribution < -0.4 is 30.4 Å². The Kier molecular flexibility index (Phi) is 4.98. The average molecular weight is 508 g/mol. The highest BCUT2D eigenvalue weighted by molar-refractivity contribution is 6.01. The molecular weight excluding hydrogens is 480 g/mol. The summed E-state index contributed by atoms with van der Waals surface area (Å²) in [5, 5.41) is 12.6. The SMILES string of the molecule is CN1CCCc2cc3c4c(c(=O)oc3cc21)C(c1ccccc1C(=O)O)=c1cc2c(cc1O4)=[N+](C)CCC2. The van der Waals surface area contributed by atoms with E-state index >= 15 is 0 Å². The number of carboxylic acid groups (broad SMARTS) is 1. The fraction of sp³-hybridized carbons (Fsp3) is 0.258. The Hall–Kier alpha value is -4.39. The van der Waals surface area contributed by atoms with Gasteiger partial charge < -0.3 is 19.2 Å². The Labute approximate surface area is 218 Å². The van der Waals surface area contributed by atoms with E-state index < -0.39 is 11.6 Å². The molecule has 3 aliphatic rings. The summed E-state index contributed by atoms with van der Waals surface area (Å²) >= 11 is 0. The topological polar surface area (TPSA) is 83.0 Å². The first kappa shape index (κ1) is 22.8. The molecule has 38 heavy (non-hydrogen) atoms. The molecule has 7 nitrogen and oxygen atoms in total. The van der Waals surface area contributed by atoms with Crippen molar-refractivity contribution >= 4 is 28.2 Å². The van der Waals surface area contributed by atoms with Gasteiger partial charge in [-0.05, 0) is 48.6 Å². The predicted octanol–water partition coefficient (Wildman–Crippen LogP) is 3.29. The number of hydrogen-bond donors (Lipinski definition) is 1. The Morgan fingerprint density at radius 3 is 2.71 bits per heavy atom. The summed E-state index contributed by atoms with van der Waals surface area (Å²) in [4.78, 5) is 28.2. The van der Waals surface area contributed by atoms with Crippen LogP contribution in [-0.2, 0) is 12.8 Å². The monoisotopic (exact) mass is 507 g/mol. The Morgan fingerprint density at radius 2 is 1.87 bits per heavy atom. The number of hydrogen-bond acceptors (Lipinski definition) is 5. The lowest BCUT2D eigenvalue weighted by Crippen LogP contribution is -2.37. The van der Waals surface area contributed by atoms with Gasteiger partial charge in [0.05, 0.1) is 17.0 Å². The van der Waals surface area contributed by atoms with Crippen LogP contribution in [0, 0.1) is 0 Å². The highest BCUT2D eigenvalue weighted by atomic mass is 16.5. The first-order chi connectivity index (χ1) is 18.4. The summed E-state index contributed by atoms with van der Waals surface area (Å²) in [5.74, 6) is -0.0158. The number of fused-ring (bicyclic) bond motifs is 6. The van der Waals surface area contributed by atoms with E-state index in [1.165, 1.54) is 5.56 Å². The minimum Gasteiger partial charge on any atom is -0.478 e. The third-order valence-corrected chi connectivity index (χ3v) is 8.10. The van der Waals surface area contributed by atoms with Gasteiger partial charge in [-0.3, -0.25) is 0 Å². The van der Waals surface area contributed by atoms with Crippen molar-refractivity contribution in [1.29, 1.82) is 0 Å². The normalized spacial score (nSPS) is 15.9. The summed E-state index contributed by atoms with van der Waals surface area (Å²) in [7, 11) is 4.11. The molecular formula is C31H27N2O5+. The van der Waals surface area contributed by atoms with Crippen molar-refractivity contribution < 1.29 is 19.1 Å². The summed E-state index contributed by atoms with van der Waals surface area (Å²) in [6.07, 6.45) is 3.89. The second-order valence-electron chi connectivity index (χ2n) is 10.4. The fourth-order valence-electron chi connectivity index (χ4n) is 6.25. The second-order valence-corrected chi connectivity index (χ2v) is 10.4. The first-order valence-corrected chi connectivity index (χ1v) is 13.0. The highest BCUT2D eigenvalue weighted by Crippen LogP contribution is 2.42. The molecule has 3 aliphatic heterocycles. The van der Waals surface area contributed by atoms with Crippen LogP contribution in [0.2, 0.25) is 0 Å². The van der Waals surface area contributed by atoms with Crippen LogP contribution in [0.4, 0.5) is 5.69 Å². The molecule has 0 fully saturated rings. The maximum Gasteiger partial charge on any atom is 0.348 e. The van der Waals surface area contributed by atoms with Crippen molar-refractivity contribution in [3.8, 4) is 11.5 Å². The van der Waals surface area contributed by atoms with Gasteiger partial charge in [-0.15, -0.1) is 0 Å². The van der Waals surface area contributed by atoms with E-state index in [0.29, 0.717) is 33.4 Å².